The van der Waals surface area contributed by atoms with Crippen LogP contribution in [0.2, 0.25) is 0 Å². The molecule has 0 aliphatic carbocycles. The lowest BCUT2D eigenvalue weighted by Gasteiger charge is -2.30. The topological polar surface area (TPSA) is 75.7 Å². The largest absolute Gasteiger partial charge is 0.375 e. The van der Waals surface area contributed by atoms with Crippen molar-refractivity contribution in [1.29, 1.82) is 0 Å². The van der Waals surface area contributed by atoms with Crippen LogP contribution in [0.25, 0.3) is 0 Å². The molecule has 1 aliphatic rings. The maximum Gasteiger partial charge on any atom is 0.261 e. The van der Waals surface area contributed by atoms with Crippen molar-refractivity contribution in [3.8, 4) is 0 Å². The number of amides is 1. The minimum absolute atomic E-state index is 0.00123. The summed E-state index contributed by atoms with van der Waals surface area (Å²) in [6.07, 6.45) is 1.73. The van der Waals surface area contributed by atoms with Crippen molar-refractivity contribution in [3.63, 3.8) is 0 Å². The smallest absolute Gasteiger partial charge is 0.261 e. The number of ether oxygens (including phenoxy) is 1. The number of sulfonamides is 1. The molecular weight excluding hydrogens is 352 g/mol. The Bertz CT molecular complexity index is 908. The molecule has 1 amide bonds. The van der Waals surface area contributed by atoms with E-state index in [9.17, 15) is 13.2 Å². The third-order valence-electron chi connectivity index (χ3n) is 4.36. The molecule has 0 fully saturated rings. The maximum absolute atomic E-state index is 12.6. The summed E-state index contributed by atoms with van der Waals surface area (Å²) in [5.41, 5.74) is 3.19. The second-order valence-electron chi connectivity index (χ2n) is 6.34. The van der Waals surface area contributed by atoms with E-state index in [-0.39, 0.29) is 17.4 Å². The number of carbonyl (C=O) groups is 1. The number of nitrogens with one attached hydrogen (secondary N) is 1. The van der Waals surface area contributed by atoms with Gasteiger partial charge in [0, 0.05) is 19.3 Å². The molecule has 1 N–H and O–H groups in total. The summed E-state index contributed by atoms with van der Waals surface area (Å²) in [5, 5.41) is 0. The van der Waals surface area contributed by atoms with Crippen LogP contribution in [0.4, 0.5) is 11.4 Å². The van der Waals surface area contributed by atoms with Crippen LogP contribution in [0, 0.1) is 6.92 Å². The number of hydrogen-bond acceptors (Lipinski definition) is 4. The Morgan fingerprint density at radius 2 is 1.92 bits per heavy atom. The Morgan fingerprint density at radius 3 is 2.62 bits per heavy atom. The van der Waals surface area contributed by atoms with Crippen LogP contribution in [0.5, 0.6) is 0 Å². The molecule has 0 radical (unpaired) electrons. The van der Waals surface area contributed by atoms with Crippen molar-refractivity contribution in [3.05, 3.63) is 53.6 Å². The number of rotatable bonds is 5. The molecule has 2 aromatic carbocycles. The number of anilines is 2. The van der Waals surface area contributed by atoms with E-state index in [2.05, 4.69) is 4.72 Å². The molecule has 1 aliphatic heterocycles. The molecule has 0 bridgehead atoms. The Labute approximate surface area is 153 Å². The van der Waals surface area contributed by atoms with Gasteiger partial charge in [-0.3, -0.25) is 9.52 Å². The highest BCUT2D eigenvalue weighted by molar-refractivity contribution is 7.92. The third kappa shape index (κ3) is 3.89. The van der Waals surface area contributed by atoms with Crippen LogP contribution in [0.15, 0.2) is 47.4 Å². The molecular formula is C19H22N2O4S. The van der Waals surface area contributed by atoms with E-state index in [4.69, 9.17) is 4.74 Å². The number of hydrogen-bond donors (Lipinski definition) is 1. The summed E-state index contributed by atoms with van der Waals surface area (Å²) < 4.78 is 32.7. The van der Waals surface area contributed by atoms with Gasteiger partial charge in [-0.25, -0.2) is 8.42 Å². The van der Waals surface area contributed by atoms with Crippen LogP contribution >= 0.6 is 0 Å². The Balaban J connectivity index is 1.89. The van der Waals surface area contributed by atoms with E-state index in [0.717, 1.165) is 29.7 Å². The van der Waals surface area contributed by atoms with E-state index in [1.165, 1.54) is 7.11 Å². The van der Waals surface area contributed by atoms with Gasteiger partial charge >= 0.3 is 0 Å². The van der Waals surface area contributed by atoms with Gasteiger partial charge in [0.2, 0.25) is 0 Å². The van der Waals surface area contributed by atoms with Crippen molar-refractivity contribution in [1.82, 2.24) is 0 Å². The quantitative estimate of drug-likeness (QED) is 0.873. The second kappa shape index (κ2) is 7.47. The first-order valence-corrected chi connectivity index (χ1v) is 9.91. The normalized spacial score (nSPS) is 14.0. The average molecular weight is 374 g/mol. The lowest BCUT2D eigenvalue weighted by molar-refractivity contribution is -0.122. The highest BCUT2D eigenvalue weighted by atomic mass is 32.2. The van der Waals surface area contributed by atoms with Gasteiger partial charge in [-0.1, -0.05) is 23.8 Å². The zero-order chi connectivity index (χ0) is 18.7. The Hall–Kier alpha value is -2.38. The second-order valence-corrected chi connectivity index (χ2v) is 8.03. The van der Waals surface area contributed by atoms with Gasteiger partial charge < -0.3 is 9.64 Å². The maximum atomic E-state index is 12.6. The molecule has 6 nitrogen and oxygen atoms in total. The predicted octanol–water partition coefficient (Wildman–Crippen LogP) is 2.72. The fraction of sp³-hybridized carbons (Fsp3) is 0.316. The number of methoxy groups -OCH3 is 1. The van der Waals surface area contributed by atoms with E-state index < -0.39 is 10.0 Å². The predicted molar refractivity (Wildman–Crippen MR) is 101 cm³/mol. The van der Waals surface area contributed by atoms with Crippen molar-refractivity contribution in [2.45, 2.75) is 24.7 Å². The fourth-order valence-electron chi connectivity index (χ4n) is 3.03. The summed E-state index contributed by atoms with van der Waals surface area (Å²) >= 11 is 0. The zero-order valence-electron chi connectivity index (χ0n) is 14.9. The van der Waals surface area contributed by atoms with Crippen LogP contribution in [0.3, 0.4) is 0 Å². The van der Waals surface area contributed by atoms with Crippen LogP contribution < -0.4 is 9.62 Å². The molecule has 0 spiro atoms. The van der Waals surface area contributed by atoms with Gasteiger partial charge in [0.25, 0.3) is 15.9 Å². The SMILES string of the molecule is COCC(=O)N1CCCc2ccc(NS(=O)(=O)c3ccc(C)cc3)cc21. The molecule has 7 heteroatoms. The zero-order valence-corrected chi connectivity index (χ0v) is 15.7. The summed E-state index contributed by atoms with van der Waals surface area (Å²) in [4.78, 5) is 14.1. The molecule has 2 aromatic rings. The number of nitrogens with zero attached hydrogens (tertiary/aromatic N) is 1. The van der Waals surface area contributed by atoms with Crippen LogP contribution in [-0.4, -0.2) is 34.6 Å². The number of fused-ring (bicyclic) bond motifs is 1. The molecule has 0 atom stereocenters. The van der Waals surface area contributed by atoms with Gasteiger partial charge in [-0.15, -0.1) is 0 Å². The van der Waals surface area contributed by atoms with Crippen molar-refractivity contribution < 1.29 is 17.9 Å². The van der Waals surface area contributed by atoms with Gasteiger partial charge in [0.1, 0.15) is 6.61 Å². The van der Waals surface area contributed by atoms with Crippen molar-refractivity contribution in [2.75, 3.05) is 29.9 Å². The van der Waals surface area contributed by atoms with Gasteiger partial charge in [-0.05, 0) is 49.6 Å². The molecule has 0 aromatic heterocycles. The van der Waals surface area contributed by atoms with Crippen molar-refractivity contribution in [2.24, 2.45) is 0 Å². The van der Waals surface area contributed by atoms with Crippen LogP contribution in [-0.2, 0) is 26.0 Å². The molecule has 3 rings (SSSR count). The number of benzene rings is 2. The molecule has 26 heavy (non-hydrogen) atoms. The standard InChI is InChI=1S/C19H22N2O4S/c1-14-5-9-17(10-6-14)26(23,24)20-16-8-7-15-4-3-11-21(18(15)12-16)19(22)13-25-2/h5-10,12,20H,3-4,11,13H2,1-2H3. The lowest BCUT2D eigenvalue weighted by atomic mass is 10.0. The van der Waals surface area contributed by atoms with Crippen molar-refractivity contribution >= 4 is 27.3 Å². The first-order valence-electron chi connectivity index (χ1n) is 8.42. The monoisotopic (exact) mass is 374 g/mol. The molecule has 0 saturated carbocycles. The van der Waals surface area contributed by atoms with Gasteiger partial charge in [0.05, 0.1) is 10.6 Å². The highest BCUT2D eigenvalue weighted by Crippen LogP contribution is 2.31. The third-order valence-corrected chi connectivity index (χ3v) is 5.75. The molecule has 1 heterocycles. The first-order chi connectivity index (χ1) is 12.4. The first kappa shape index (κ1) is 18.4. The van der Waals surface area contributed by atoms with E-state index in [1.807, 2.05) is 13.0 Å². The summed E-state index contributed by atoms with van der Waals surface area (Å²) in [5.74, 6) is -0.132. The molecule has 0 saturated heterocycles. The summed E-state index contributed by atoms with van der Waals surface area (Å²) in [6.45, 7) is 2.50. The fourth-order valence-corrected chi connectivity index (χ4v) is 4.08. The Morgan fingerprint density at radius 1 is 1.19 bits per heavy atom. The number of aryl methyl sites for hydroxylation is 2. The van der Waals surface area contributed by atoms with E-state index in [0.29, 0.717) is 12.2 Å². The van der Waals surface area contributed by atoms with Crippen LogP contribution in [0.1, 0.15) is 17.5 Å². The van der Waals surface area contributed by atoms with Gasteiger partial charge in [0.15, 0.2) is 0 Å². The van der Waals surface area contributed by atoms with Gasteiger partial charge in [-0.2, -0.15) is 0 Å². The average Bonchev–Trinajstić information content (AvgIpc) is 2.61. The highest BCUT2D eigenvalue weighted by Gasteiger charge is 2.23. The Kier molecular flexibility index (Phi) is 5.29. The minimum atomic E-state index is -3.68. The number of carbonyl (C=O) groups excluding carboxylic acids is 1. The molecule has 0 unspecified atom stereocenters. The summed E-state index contributed by atoms with van der Waals surface area (Å²) in [7, 11) is -2.20. The minimum Gasteiger partial charge on any atom is -0.375 e. The summed E-state index contributed by atoms with van der Waals surface area (Å²) in [6, 6.07) is 12.0. The molecule has 138 valence electrons. The lowest BCUT2D eigenvalue weighted by Crippen LogP contribution is -2.37. The van der Waals surface area contributed by atoms with E-state index >= 15 is 0 Å². The van der Waals surface area contributed by atoms with E-state index in [1.54, 1.807) is 41.3 Å².